The van der Waals surface area contributed by atoms with Crippen molar-refractivity contribution in [2.45, 2.75) is 13.5 Å². The molecule has 0 aromatic heterocycles. The zero-order valence-electron chi connectivity index (χ0n) is 10.3. The molecule has 2 rings (SSSR count). The van der Waals surface area contributed by atoms with Gasteiger partial charge in [-0.2, -0.15) is 0 Å². The molecule has 0 bridgehead atoms. The summed E-state index contributed by atoms with van der Waals surface area (Å²) >= 11 is 0. The molecule has 0 atom stereocenters. The van der Waals surface area contributed by atoms with Gasteiger partial charge in [0.1, 0.15) is 0 Å². The second kappa shape index (κ2) is 5.36. The summed E-state index contributed by atoms with van der Waals surface area (Å²) in [5.41, 5.74) is 9.06. The molecule has 0 heterocycles. The molecule has 0 saturated heterocycles. The largest absolute Gasteiger partial charge is 0.399 e. The fraction of sp³-hybridized carbons (Fsp3) is 0.133. The number of nitrogen functional groups attached to an aromatic ring is 1. The predicted molar refractivity (Wildman–Crippen MR) is 73.2 cm³/mol. The Kier molecular flexibility index (Phi) is 3.63. The third-order valence-electron chi connectivity index (χ3n) is 2.82. The Hall–Kier alpha value is -2.29. The van der Waals surface area contributed by atoms with Gasteiger partial charge in [0.15, 0.2) is 0 Å². The Morgan fingerprint density at radius 1 is 1.11 bits per heavy atom. The van der Waals surface area contributed by atoms with Crippen molar-refractivity contribution in [2.75, 3.05) is 5.73 Å². The van der Waals surface area contributed by atoms with E-state index in [1.807, 2.05) is 55.5 Å². The Morgan fingerprint density at radius 2 is 1.78 bits per heavy atom. The summed E-state index contributed by atoms with van der Waals surface area (Å²) in [6.07, 6.45) is 0. The zero-order valence-corrected chi connectivity index (χ0v) is 10.3. The summed E-state index contributed by atoms with van der Waals surface area (Å²) < 4.78 is 0. The number of hydrogen-bond acceptors (Lipinski definition) is 2. The van der Waals surface area contributed by atoms with Crippen LogP contribution in [0.1, 0.15) is 21.5 Å². The molecule has 0 spiro atoms. The highest BCUT2D eigenvalue weighted by Gasteiger charge is 2.07. The number of carbonyl (C=O) groups excluding carboxylic acids is 1. The van der Waals surface area contributed by atoms with Crippen LogP contribution in [-0.2, 0) is 6.54 Å². The first-order chi connectivity index (χ1) is 8.66. The lowest BCUT2D eigenvalue weighted by molar-refractivity contribution is 0.0950. The van der Waals surface area contributed by atoms with E-state index in [9.17, 15) is 4.79 Å². The Bertz CT molecular complexity index is 547. The van der Waals surface area contributed by atoms with E-state index in [0.717, 1.165) is 16.8 Å². The molecule has 0 aliphatic heterocycles. The first kappa shape index (κ1) is 12.2. The van der Waals surface area contributed by atoms with Crippen LogP contribution in [0.2, 0.25) is 0 Å². The molecule has 1 amide bonds. The SMILES string of the molecule is Cc1ccccc1C(=O)NCc1ccc(N)cc1. The van der Waals surface area contributed by atoms with Crippen molar-refractivity contribution in [3.63, 3.8) is 0 Å². The maximum absolute atomic E-state index is 12.0. The van der Waals surface area contributed by atoms with Crippen molar-refractivity contribution in [3.05, 3.63) is 65.2 Å². The Balaban J connectivity index is 2.01. The van der Waals surface area contributed by atoms with Crippen molar-refractivity contribution in [1.29, 1.82) is 0 Å². The third-order valence-corrected chi connectivity index (χ3v) is 2.82. The van der Waals surface area contributed by atoms with Crippen LogP contribution in [0.5, 0.6) is 0 Å². The number of rotatable bonds is 3. The second-order valence-electron chi connectivity index (χ2n) is 4.24. The van der Waals surface area contributed by atoms with Gasteiger partial charge < -0.3 is 11.1 Å². The van der Waals surface area contributed by atoms with E-state index in [4.69, 9.17) is 5.73 Å². The molecule has 2 aromatic carbocycles. The summed E-state index contributed by atoms with van der Waals surface area (Å²) in [6, 6.07) is 15.0. The van der Waals surface area contributed by atoms with Crippen molar-refractivity contribution in [1.82, 2.24) is 5.32 Å². The molecule has 0 saturated carbocycles. The average Bonchev–Trinajstić information content (AvgIpc) is 2.38. The van der Waals surface area contributed by atoms with Crippen molar-refractivity contribution >= 4 is 11.6 Å². The van der Waals surface area contributed by atoms with Gasteiger partial charge in [-0.15, -0.1) is 0 Å². The maximum Gasteiger partial charge on any atom is 0.251 e. The molecule has 3 N–H and O–H groups in total. The van der Waals surface area contributed by atoms with Crippen molar-refractivity contribution in [2.24, 2.45) is 0 Å². The quantitative estimate of drug-likeness (QED) is 0.810. The molecule has 0 fully saturated rings. The lowest BCUT2D eigenvalue weighted by Crippen LogP contribution is -2.23. The second-order valence-corrected chi connectivity index (χ2v) is 4.24. The standard InChI is InChI=1S/C15H16N2O/c1-11-4-2-3-5-14(11)15(18)17-10-12-6-8-13(16)9-7-12/h2-9H,10,16H2,1H3,(H,17,18). The highest BCUT2D eigenvalue weighted by atomic mass is 16.1. The molecule has 0 radical (unpaired) electrons. The topological polar surface area (TPSA) is 55.1 Å². The highest BCUT2D eigenvalue weighted by Crippen LogP contribution is 2.08. The molecular formula is C15H16N2O. The van der Waals surface area contributed by atoms with Crippen LogP contribution in [0.15, 0.2) is 48.5 Å². The Morgan fingerprint density at radius 3 is 2.44 bits per heavy atom. The number of hydrogen-bond donors (Lipinski definition) is 2. The van der Waals surface area contributed by atoms with E-state index in [0.29, 0.717) is 12.1 Å². The normalized spacial score (nSPS) is 10.1. The molecule has 0 aliphatic rings. The van der Waals surface area contributed by atoms with E-state index in [1.54, 1.807) is 0 Å². The number of benzene rings is 2. The number of nitrogens with one attached hydrogen (secondary N) is 1. The van der Waals surface area contributed by atoms with E-state index in [-0.39, 0.29) is 5.91 Å². The number of nitrogens with two attached hydrogens (primary N) is 1. The first-order valence-electron chi connectivity index (χ1n) is 5.85. The fourth-order valence-electron chi connectivity index (χ4n) is 1.74. The lowest BCUT2D eigenvalue weighted by Gasteiger charge is -2.07. The number of aryl methyl sites for hydroxylation is 1. The molecule has 0 unspecified atom stereocenters. The summed E-state index contributed by atoms with van der Waals surface area (Å²) in [7, 11) is 0. The molecular weight excluding hydrogens is 224 g/mol. The fourth-order valence-corrected chi connectivity index (χ4v) is 1.74. The summed E-state index contributed by atoms with van der Waals surface area (Å²) in [5.74, 6) is -0.0510. The summed E-state index contributed by atoms with van der Waals surface area (Å²) in [5, 5.41) is 2.90. The number of amides is 1. The molecule has 3 heteroatoms. The monoisotopic (exact) mass is 240 g/mol. The highest BCUT2D eigenvalue weighted by molar-refractivity contribution is 5.95. The minimum absolute atomic E-state index is 0.0510. The van der Waals surface area contributed by atoms with Gasteiger partial charge >= 0.3 is 0 Å². The van der Waals surface area contributed by atoms with E-state index in [1.165, 1.54) is 0 Å². The third kappa shape index (κ3) is 2.88. The van der Waals surface area contributed by atoms with E-state index >= 15 is 0 Å². The lowest BCUT2D eigenvalue weighted by atomic mass is 10.1. The molecule has 3 nitrogen and oxygen atoms in total. The predicted octanol–water partition coefficient (Wildman–Crippen LogP) is 2.51. The van der Waals surface area contributed by atoms with E-state index in [2.05, 4.69) is 5.32 Å². The van der Waals surface area contributed by atoms with Crippen molar-refractivity contribution in [3.8, 4) is 0 Å². The van der Waals surface area contributed by atoms with Crippen LogP contribution >= 0.6 is 0 Å². The number of anilines is 1. The van der Waals surface area contributed by atoms with Crippen LogP contribution in [0.4, 0.5) is 5.69 Å². The van der Waals surface area contributed by atoms with Crippen LogP contribution < -0.4 is 11.1 Å². The van der Waals surface area contributed by atoms with Gasteiger partial charge in [0.25, 0.3) is 5.91 Å². The molecule has 18 heavy (non-hydrogen) atoms. The van der Waals surface area contributed by atoms with Crippen molar-refractivity contribution < 1.29 is 4.79 Å². The molecule has 92 valence electrons. The van der Waals surface area contributed by atoms with Gasteiger partial charge in [0.05, 0.1) is 0 Å². The summed E-state index contributed by atoms with van der Waals surface area (Å²) in [6.45, 7) is 2.44. The first-order valence-corrected chi connectivity index (χ1v) is 5.85. The van der Waals surface area contributed by atoms with Gasteiger partial charge in [-0.25, -0.2) is 0 Å². The van der Waals surface area contributed by atoms with Crippen LogP contribution in [0.25, 0.3) is 0 Å². The Labute approximate surface area is 107 Å². The maximum atomic E-state index is 12.0. The molecule has 0 aliphatic carbocycles. The van der Waals surface area contributed by atoms with Crippen LogP contribution in [0, 0.1) is 6.92 Å². The smallest absolute Gasteiger partial charge is 0.251 e. The van der Waals surface area contributed by atoms with Crippen LogP contribution in [0.3, 0.4) is 0 Å². The zero-order chi connectivity index (χ0) is 13.0. The molecule has 2 aromatic rings. The van der Waals surface area contributed by atoms with Gasteiger partial charge in [0.2, 0.25) is 0 Å². The van der Waals surface area contributed by atoms with Crippen LogP contribution in [-0.4, -0.2) is 5.91 Å². The minimum Gasteiger partial charge on any atom is -0.399 e. The average molecular weight is 240 g/mol. The number of carbonyl (C=O) groups is 1. The van der Waals surface area contributed by atoms with Gasteiger partial charge in [-0.3, -0.25) is 4.79 Å². The van der Waals surface area contributed by atoms with Gasteiger partial charge in [0, 0.05) is 17.8 Å². The van der Waals surface area contributed by atoms with Gasteiger partial charge in [-0.1, -0.05) is 30.3 Å². The van der Waals surface area contributed by atoms with E-state index < -0.39 is 0 Å². The van der Waals surface area contributed by atoms with Gasteiger partial charge in [-0.05, 0) is 36.2 Å². The minimum atomic E-state index is -0.0510. The summed E-state index contributed by atoms with van der Waals surface area (Å²) in [4.78, 5) is 12.0.